The number of hydrogen-bond acceptors (Lipinski definition) is 5. The summed E-state index contributed by atoms with van der Waals surface area (Å²) in [5.41, 5.74) is 13.6. The van der Waals surface area contributed by atoms with E-state index in [1.807, 2.05) is 17.9 Å². The van der Waals surface area contributed by atoms with Gasteiger partial charge in [-0.25, -0.2) is 0 Å². The number of nitrogens with zero attached hydrogens (tertiary/aromatic N) is 1. The summed E-state index contributed by atoms with van der Waals surface area (Å²) < 4.78 is 5.43. The highest BCUT2D eigenvalue weighted by Crippen LogP contribution is 2.25. The van der Waals surface area contributed by atoms with Crippen molar-refractivity contribution in [3.05, 3.63) is 18.2 Å². The van der Waals surface area contributed by atoms with E-state index in [9.17, 15) is 4.79 Å². The molecular weight excluding hydrogens is 256 g/mol. The molecular formula is C14H22N4O2. The van der Waals surface area contributed by atoms with Gasteiger partial charge >= 0.3 is 0 Å². The first-order valence-electron chi connectivity index (χ1n) is 6.90. The molecule has 1 fully saturated rings. The summed E-state index contributed by atoms with van der Waals surface area (Å²) in [6.07, 6.45) is 0.911. The summed E-state index contributed by atoms with van der Waals surface area (Å²) in [7, 11) is 0. The average Bonchev–Trinajstić information content (AvgIpc) is 2.47. The van der Waals surface area contributed by atoms with E-state index in [2.05, 4.69) is 5.32 Å². The number of benzene rings is 1. The molecule has 1 aliphatic rings. The number of morpholine rings is 1. The van der Waals surface area contributed by atoms with E-state index in [1.54, 1.807) is 12.1 Å². The number of amides is 1. The van der Waals surface area contributed by atoms with E-state index in [0.29, 0.717) is 37.7 Å². The van der Waals surface area contributed by atoms with Crippen LogP contribution in [-0.2, 0) is 9.53 Å². The van der Waals surface area contributed by atoms with Crippen molar-refractivity contribution in [2.24, 2.45) is 0 Å². The van der Waals surface area contributed by atoms with Crippen LogP contribution in [0.5, 0.6) is 0 Å². The zero-order valence-corrected chi connectivity index (χ0v) is 11.8. The lowest BCUT2D eigenvalue weighted by Gasteiger charge is -2.36. The van der Waals surface area contributed by atoms with Crippen molar-refractivity contribution in [1.82, 2.24) is 5.32 Å². The van der Waals surface area contributed by atoms with E-state index in [1.165, 1.54) is 0 Å². The Bertz CT molecular complexity index is 478. The fourth-order valence-corrected chi connectivity index (χ4v) is 2.24. The molecule has 1 heterocycles. The molecule has 0 bridgehead atoms. The molecule has 0 saturated carbocycles. The molecule has 0 aromatic heterocycles. The van der Waals surface area contributed by atoms with Gasteiger partial charge in [0.25, 0.3) is 0 Å². The molecule has 1 aromatic rings. The number of carbonyl (C=O) groups excluding carboxylic acids is 1. The molecule has 5 N–H and O–H groups in total. The highest BCUT2D eigenvalue weighted by molar-refractivity contribution is 5.86. The molecule has 1 saturated heterocycles. The van der Waals surface area contributed by atoms with Gasteiger partial charge in [-0.15, -0.1) is 0 Å². The molecule has 1 amide bonds. The molecule has 0 spiro atoms. The number of carbonyl (C=O) groups is 1. The lowest BCUT2D eigenvalue weighted by Crippen LogP contribution is -2.54. The van der Waals surface area contributed by atoms with Gasteiger partial charge in [0.1, 0.15) is 6.04 Å². The predicted octanol–water partition coefficient (Wildman–Crippen LogP) is 0.582. The Morgan fingerprint density at radius 1 is 1.45 bits per heavy atom. The van der Waals surface area contributed by atoms with E-state index < -0.39 is 0 Å². The lowest BCUT2D eigenvalue weighted by atomic mass is 10.1. The van der Waals surface area contributed by atoms with Gasteiger partial charge in [-0.3, -0.25) is 4.79 Å². The van der Waals surface area contributed by atoms with Crippen LogP contribution >= 0.6 is 0 Å². The second-order valence-electron chi connectivity index (χ2n) is 4.89. The Hall–Kier alpha value is -1.95. The summed E-state index contributed by atoms with van der Waals surface area (Å²) >= 11 is 0. The van der Waals surface area contributed by atoms with Crippen molar-refractivity contribution in [2.45, 2.75) is 19.4 Å². The highest BCUT2D eigenvalue weighted by atomic mass is 16.5. The summed E-state index contributed by atoms with van der Waals surface area (Å²) in [5, 5.41) is 2.91. The quantitative estimate of drug-likeness (QED) is 0.701. The maximum absolute atomic E-state index is 12.2. The Morgan fingerprint density at radius 3 is 2.95 bits per heavy atom. The molecule has 1 aromatic carbocycles. The van der Waals surface area contributed by atoms with Gasteiger partial charge in [0, 0.05) is 18.8 Å². The SMILES string of the molecule is CCCNC(=O)C1COCCN1c1ccc(N)c(N)c1. The largest absolute Gasteiger partial charge is 0.397 e. The van der Waals surface area contributed by atoms with E-state index in [-0.39, 0.29) is 11.9 Å². The minimum atomic E-state index is -0.321. The van der Waals surface area contributed by atoms with Gasteiger partial charge in [0.2, 0.25) is 5.91 Å². The maximum atomic E-state index is 12.2. The molecule has 0 aliphatic carbocycles. The number of nitrogens with two attached hydrogens (primary N) is 2. The van der Waals surface area contributed by atoms with Crippen LogP contribution in [0.2, 0.25) is 0 Å². The fourth-order valence-electron chi connectivity index (χ4n) is 2.24. The summed E-state index contributed by atoms with van der Waals surface area (Å²) in [6.45, 7) is 4.35. The molecule has 1 aliphatic heterocycles. The molecule has 110 valence electrons. The van der Waals surface area contributed by atoms with Crippen LogP contribution in [0.15, 0.2) is 18.2 Å². The minimum absolute atomic E-state index is 0.0121. The predicted molar refractivity (Wildman–Crippen MR) is 80.5 cm³/mol. The van der Waals surface area contributed by atoms with Crippen molar-refractivity contribution >= 4 is 23.0 Å². The summed E-state index contributed by atoms with van der Waals surface area (Å²) in [4.78, 5) is 14.2. The second-order valence-corrected chi connectivity index (χ2v) is 4.89. The number of ether oxygens (including phenoxy) is 1. The second kappa shape index (κ2) is 6.47. The standard InChI is InChI=1S/C14H22N4O2/c1-2-5-17-14(19)13-9-20-7-6-18(13)10-3-4-11(15)12(16)8-10/h3-4,8,13H,2,5-7,9,15-16H2,1H3,(H,17,19). The third-order valence-corrected chi connectivity index (χ3v) is 3.38. The molecule has 6 nitrogen and oxygen atoms in total. The van der Waals surface area contributed by atoms with Crippen molar-refractivity contribution in [2.75, 3.05) is 42.7 Å². The van der Waals surface area contributed by atoms with E-state index in [4.69, 9.17) is 16.2 Å². The smallest absolute Gasteiger partial charge is 0.245 e. The molecule has 2 rings (SSSR count). The third-order valence-electron chi connectivity index (χ3n) is 3.38. The number of rotatable bonds is 4. The lowest BCUT2D eigenvalue weighted by molar-refractivity contribution is -0.124. The van der Waals surface area contributed by atoms with Gasteiger partial charge in [-0.1, -0.05) is 6.92 Å². The maximum Gasteiger partial charge on any atom is 0.245 e. The normalized spacial score (nSPS) is 18.9. The summed E-state index contributed by atoms with van der Waals surface area (Å²) in [5.74, 6) is -0.0121. The Balaban J connectivity index is 2.17. The molecule has 1 atom stereocenters. The minimum Gasteiger partial charge on any atom is -0.397 e. The van der Waals surface area contributed by atoms with Gasteiger partial charge in [-0.05, 0) is 24.6 Å². The molecule has 20 heavy (non-hydrogen) atoms. The van der Waals surface area contributed by atoms with E-state index in [0.717, 1.165) is 12.1 Å². The van der Waals surface area contributed by atoms with Crippen LogP contribution in [0, 0.1) is 0 Å². The number of anilines is 3. The van der Waals surface area contributed by atoms with Gasteiger partial charge in [0.05, 0.1) is 24.6 Å². The first kappa shape index (κ1) is 14.5. The molecule has 6 heteroatoms. The average molecular weight is 278 g/mol. The van der Waals surface area contributed by atoms with E-state index >= 15 is 0 Å². The van der Waals surface area contributed by atoms with Gasteiger partial charge < -0.3 is 26.4 Å². The Labute approximate surface area is 119 Å². The van der Waals surface area contributed by atoms with Crippen molar-refractivity contribution in [3.63, 3.8) is 0 Å². The zero-order chi connectivity index (χ0) is 14.5. The van der Waals surface area contributed by atoms with Crippen LogP contribution in [0.3, 0.4) is 0 Å². The van der Waals surface area contributed by atoms with Crippen LogP contribution in [-0.4, -0.2) is 38.3 Å². The monoisotopic (exact) mass is 278 g/mol. The first-order valence-corrected chi connectivity index (χ1v) is 6.90. The fraction of sp³-hybridized carbons (Fsp3) is 0.500. The van der Waals surface area contributed by atoms with Crippen LogP contribution in [0.25, 0.3) is 0 Å². The Morgan fingerprint density at radius 2 is 2.25 bits per heavy atom. The van der Waals surface area contributed by atoms with Crippen LogP contribution < -0.4 is 21.7 Å². The number of nitrogen functional groups attached to an aromatic ring is 2. The Kier molecular flexibility index (Phi) is 4.68. The third kappa shape index (κ3) is 3.14. The number of hydrogen-bond donors (Lipinski definition) is 3. The zero-order valence-electron chi connectivity index (χ0n) is 11.8. The van der Waals surface area contributed by atoms with Gasteiger partial charge in [-0.2, -0.15) is 0 Å². The summed E-state index contributed by atoms with van der Waals surface area (Å²) in [6, 6.07) is 5.14. The first-order chi connectivity index (χ1) is 9.63. The van der Waals surface area contributed by atoms with Crippen LogP contribution in [0.4, 0.5) is 17.1 Å². The van der Waals surface area contributed by atoms with Crippen molar-refractivity contribution in [1.29, 1.82) is 0 Å². The van der Waals surface area contributed by atoms with Gasteiger partial charge in [0.15, 0.2) is 0 Å². The molecule has 1 unspecified atom stereocenters. The number of nitrogens with one attached hydrogen (secondary N) is 1. The van der Waals surface area contributed by atoms with Crippen molar-refractivity contribution in [3.8, 4) is 0 Å². The van der Waals surface area contributed by atoms with Crippen LogP contribution in [0.1, 0.15) is 13.3 Å². The highest BCUT2D eigenvalue weighted by Gasteiger charge is 2.29. The molecule has 0 radical (unpaired) electrons. The van der Waals surface area contributed by atoms with Crippen molar-refractivity contribution < 1.29 is 9.53 Å². The topological polar surface area (TPSA) is 93.6 Å².